The first kappa shape index (κ1) is 12.3. The van der Waals surface area contributed by atoms with Gasteiger partial charge in [-0.1, -0.05) is 0 Å². The number of hydrogen-bond acceptors (Lipinski definition) is 6. The average Bonchev–Trinajstić information content (AvgIpc) is 2.98. The van der Waals surface area contributed by atoms with Crippen molar-refractivity contribution in [2.75, 3.05) is 18.8 Å². The molecule has 0 bridgehead atoms. The third-order valence-corrected chi connectivity index (χ3v) is 3.15. The molecule has 2 aromatic rings. The fraction of sp³-hybridized carbons (Fsp3) is 0.364. The summed E-state index contributed by atoms with van der Waals surface area (Å²) in [5.41, 5.74) is 6.91. The largest absolute Gasteiger partial charge is 0.382 e. The number of hydrogen-bond donors (Lipinski definition) is 2. The molecular formula is C11H13N7O2. The van der Waals surface area contributed by atoms with Crippen LogP contribution in [-0.2, 0) is 11.3 Å². The third kappa shape index (κ3) is 2.02. The van der Waals surface area contributed by atoms with Crippen LogP contribution in [0, 0.1) is 0 Å². The van der Waals surface area contributed by atoms with Gasteiger partial charge in [-0.05, 0) is 6.42 Å². The summed E-state index contributed by atoms with van der Waals surface area (Å²) in [5, 5.41) is 2.48. The fourth-order valence-electron chi connectivity index (χ4n) is 2.14. The number of aromatic nitrogens is 4. The van der Waals surface area contributed by atoms with Crippen LogP contribution in [0.4, 0.5) is 10.6 Å². The molecule has 3 N–H and O–H groups in total. The molecule has 20 heavy (non-hydrogen) atoms. The molecule has 9 nitrogen and oxygen atoms in total. The molecule has 9 heteroatoms. The van der Waals surface area contributed by atoms with E-state index in [1.54, 1.807) is 6.33 Å². The van der Waals surface area contributed by atoms with E-state index in [-0.39, 0.29) is 18.5 Å². The zero-order valence-corrected chi connectivity index (χ0v) is 10.6. The van der Waals surface area contributed by atoms with Crippen molar-refractivity contribution in [3.63, 3.8) is 0 Å². The number of nitrogens with two attached hydrogens (primary N) is 1. The quantitative estimate of drug-likeness (QED) is 0.716. The number of fused-ring (bicyclic) bond motifs is 1. The molecule has 104 valence electrons. The number of urea groups is 1. The molecule has 0 unspecified atom stereocenters. The summed E-state index contributed by atoms with van der Waals surface area (Å²) in [7, 11) is 0. The Labute approximate surface area is 113 Å². The summed E-state index contributed by atoms with van der Waals surface area (Å²) in [5.74, 6) is 0.139. The van der Waals surface area contributed by atoms with Gasteiger partial charge >= 0.3 is 6.03 Å². The molecule has 0 aliphatic carbocycles. The van der Waals surface area contributed by atoms with E-state index in [0.29, 0.717) is 36.5 Å². The highest BCUT2D eigenvalue weighted by Crippen LogP contribution is 2.14. The minimum absolute atomic E-state index is 0.0800. The van der Waals surface area contributed by atoms with Gasteiger partial charge in [-0.3, -0.25) is 9.69 Å². The number of nitrogens with zero attached hydrogens (tertiary/aromatic N) is 5. The van der Waals surface area contributed by atoms with Gasteiger partial charge in [0.05, 0.1) is 12.9 Å². The maximum Gasteiger partial charge on any atom is 0.324 e. The number of carbonyl (C=O) groups is 2. The number of imide groups is 1. The Hall–Kier alpha value is -2.71. The molecule has 1 aliphatic rings. The number of nitrogens with one attached hydrogen (secondary N) is 1. The lowest BCUT2D eigenvalue weighted by Crippen LogP contribution is -2.32. The van der Waals surface area contributed by atoms with E-state index in [4.69, 9.17) is 5.73 Å². The van der Waals surface area contributed by atoms with Gasteiger partial charge in [0.25, 0.3) is 0 Å². The van der Waals surface area contributed by atoms with E-state index in [0.717, 1.165) is 0 Å². The van der Waals surface area contributed by atoms with Crippen molar-refractivity contribution in [2.45, 2.75) is 13.0 Å². The van der Waals surface area contributed by atoms with Crippen molar-refractivity contribution in [1.82, 2.24) is 29.7 Å². The highest BCUT2D eigenvalue weighted by atomic mass is 16.2. The summed E-state index contributed by atoms with van der Waals surface area (Å²) in [6.07, 6.45) is 3.63. The summed E-state index contributed by atoms with van der Waals surface area (Å²) in [4.78, 5) is 36.2. The fourth-order valence-corrected chi connectivity index (χ4v) is 2.14. The molecule has 0 aromatic carbocycles. The van der Waals surface area contributed by atoms with E-state index in [1.165, 1.54) is 11.2 Å². The predicted octanol–water partition coefficient (Wildman–Crippen LogP) is -0.650. The number of anilines is 1. The molecule has 0 radical (unpaired) electrons. The predicted molar refractivity (Wildman–Crippen MR) is 69.5 cm³/mol. The number of rotatable bonds is 4. The summed E-state index contributed by atoms with van der Waals surface area (Å²) < 4.78 is 1.83. The van der Waals surface area contributed by atoms with Crippen LogP contribution in [0.2, 0.25) is 0 Å². The van der Waals surface area contributed by atoms with Crippen LogP contribution in [0.5, 0.6) is 0 Å². The molecule has 3 amide bonds. The summed E-state index contributed by atoms with van der Waals surface area (Å²) in [6.45, 7) is 1.03. The standard InChI is InChI=1S/C11H13N7O2/c12-9-8-10(15-5-14-9)17(6-16-8)2-1-3-18-7(19)4-13-11(18)20/h5-6H,1-4H2,(H,13,20)(H2,12,14,15). The summed E-state index contributed by atoms with van der Waals surface area (Å²) in [6, 6.07) is -0.336. The second-order valence-electron chi connectivity index (χ2n) is 4.43. The van der Waals surface area contributed by atoms with Gasteiger partial charge in [0.1, 0.15) is 11.8 Å². The lowest BCUT2D eigenvalue weighted by molar-refractivity contribution is -0.125. The number of aryl methyl sites for hydroxylation is 1. The van der Waals surface area contributed by atoms with Crippen molar-refractivity contribution < 1.29 is 9.59 Å². The van der Waals surface area contributed by atoms with Crippen LogP contribution in [-0.4, -0.2) is 49.4 Å². The van der Waals surface area contributed by atoms with Crippen molar-refractivity contribution in [3.8, 4) is 0 Å². The first-order chi connectivity index (χ1) is 9.66. The molecular weight excluding hydrogens is 262 g/mol. The Morgan fingerprint density at radius 3 is 2.85 bits per heavy atom. The lowest BCUT2D eigenvalue weighted by Gasteiger charge is -2.12. The second kappa shape index (κ2) is 4.76. The number of nitrogen functional groups attached to an aromatic ring is 1. The van der Waals surface area contributed by atoms with E-state index >= 15 is 0 Å². The van der Waals surface area contributed by atoms with Crippen LogP contribution >= 0.6 is 0 Å². The highest BCUT2D eigenvalue weighted by Gasteiger charge is 2.27. The van der Waals surface area contributed by atoms with Crippen LogP contribution in [0.3, 0.4) is 0 Å². The molecule has 1 saturated heterocycles. The molecule has 0 saturated carbocycles. The normalized spacial score (nSPS) is 15.1. The van der Waals surface area contributed by atoms with Gasteiger partial charge in [-0.15, -0.1) is 0 Å². The van der Waals surface area contributed by atoms with Gasteiger partial charge < -0.3 is 15.6 Å². The highest BCUT2D eigenvalue weighted by molar-refractivity contribution is 6.01. The molecule has 3 rings (SSSR count). The maximum absolute atomic E-state index is 11.4. The monoisotopic (exact) mass is 275 g/mol. The van der Waals surface area contributed by atoms with E-state index in [9.17, 15) is 9.59 Å². The molecule has 2 aromatic heterocycles. The van der Waals surface area contributed by atoms with Gasteiger partial charge in [0.15, 0.2) is 11.5 Å². The first-order valence-electron chi connectivity index (χ1n) is 6.16. The first-order valence-corrected chi connectivity index (χ1v) is 6.16. The van der Waals surface area contributed by atoms with Crippen molar-refractivity contribution in [1.29, 1.82) is 0 Å². The molecule has 3 heterocycles. The molecule has 1 fully saturated rings. The van der Waals surface area contributed by atoms with Crippen molar-refractivity contribution in [3.05, 3.63) is 12.7 Å². The van der Waals surface area contributed by atoms with Gasteiger partial charge in [-0.2, -0.15) is 0 Å². The van der Waals surface area contributed by atoms with Crippen LogP contribution in [0.1, 0.15) is 6.42 Å². The molecule has 0 atom stereocenters. The minimum Gasteiger partial charge on any atom is -0.382 e. The smallest absolute Gasteiger partial charge is 0.324 e. The van der Waals surface area contributed by atoms with Crippen molar-refractivity contribution in [2.24, 2.45) is 0 Å². The maximum atomic E-state index is 11.4. The van der Waals surface area contributed by atoms with Crippen LogP contribution in [0.15, 0.2) is 12.7 Å². The zero-order chi connectivity index (χ0) is 14.1. The van der Waals surface area contributed by atoms with Gasteiger partial charge in [0, 0.05) is 13.1 Å². The van der Waals surface area contributed by atoms with E-state index < -0.39 is 0 Å². The van der Waals surface area contributed by atoms with E-state index in [1.807, 2.05) is 4.57 Å². The number of imidazole rings is 1. The zero-order valence-electron chi connectivity index (χ0n) is 10.6. The Balaban J connectivity index is 1.67. The lowest BCUT2D eigenvalue weighted by atomic mass is 10.3. The average molecular weight is 275 g/mol. The Kier molecular flexibility index (Phi) is 2.93. The van der Waals surface area contributed by atoms with Crippen molar-refractivity contribution >= 4 is 28.9 Å². The second-order valence-corrected chi connectivity index (χ2v) is 4.43. The van der Waals surface area contributed by atoms with Gasteiger partial charge in [-0.25, -0.2) is 19.7 Å². The Bertz CT molecular complexity index is 664. The minimum atomic E-state index is -0.336. The number of amides is 3. The number of carbonyl (C=O) groups excluding carboxylic acids is 2. The van der Waals surface area contributed by atoms with Gasteiger partial charge in [0.2, 0.25) is 5.91 Å². The summed E-state index contributed by atoms with van der Waals surface area (Å²) >= 11 is 0. The SMILES string of the molecule is Nc1ncnc2c1ncn2CCCN1C(=O)CNC1=O. The third-order valence-electron chi connectivity index (χ3n) is 3.15. The molecule has 0 spiro atoms. The molecule has 1 aliphatic heterocycles. The van der Waals surface area contributed by atoms with Crippen LogP contribution < -0.4 is 11.1 Å². The van der Waals surface area contributed by atoms with E-state index in [2.05, 4.69) is 20.3 Å². The topological polar surface area (TPSA) is 119 Å². The Morgan fingerprint density at radius 2 is 2.10 bits per heavy atom. The Morgan fingerprint density at radius 1 is 1.25 bits per heavy atom. The van der Waals surface area contributed by atoms with Crippen LogP contribution in [0.25, 0.3) is 11.2 Å².